The Morgan fingerprint density at radius 1 is 1.52 bits per heavy atom. The Morgan fingerprint density at radius 3 is 2.91 bits per heavy atom. The van der Waals surface area contributed by atoms with Gasteiger partial charge in [-0.3, -0.25) is 14.6 Å². The van der Waals surface area contributed by atoms with Crippen molar-refractivity contribution in [2.45, 2.75) is 39.0 Å². The molecule has 1 fully saturated rings. The third-order valence-electron chi connectivity index (χ3n) is 4.44. The monoisotopic (exact) mass is 339 g/mol. The van der Waals surface area contributed by atoms with Crippen LogP contribution in [-0.4, -0.2) is 77.6 Å². The Kier molecular flexibility index (Phi) is 7.02. The second-order valence-corrected chi connectivity index (χ2v) is 7.30. The number of piperazine rings is 1. The van der Waals surface area contributed by atoms with Crippen molar-refractivity contribution in [2.24, 2.45) is 0 Å². The zero-order chi connectivity index (χ0) is 16.8. The number of likely N-dealkylation sites (N-methyl/N-ethyl adjacent to an activating group) is 1. The number of rotatable bonds is 7. The van der Waals surface area contributed by atoms with Gasteiger partial charge in [-0.25, -0.2) is 0 Å². The number of amides is 1. The summed E-state index contributed by atoms with van der Waals surface area (Å²) in [6.07, 6.45) is 0.747. The molecule has 1 aromatic heterocycles. The first-order valence-corrected chi connectivity index (χ1v) is 9.33. The van der Waals surface area contributed by atoms with Crippen molar-refractivity contribution < 1.29 is 9.90 Å². The number of aliphatic hydroxyl groups excluding tert-OH is 1. The van der Waals surface area contributed by atoms with Crippen LogP contribution in [0.25, 0.3) is 0 Å². The highest BCUT2D eigenvalue weighted by molar-refractivity contribution is 7.07. The molecule has 130 valence electrons. The van der Waals surface area contributed by atoms with Crippen molar-refractivity contribution in [3.8, 4) is 0 Å². The molecule has 1 amide bonds. The Balaban J connectivity index is 1.82. The van der Waals surface area contributed by atoms with Gasteiger partial charge >= 0.3 is 0 Å². The zero-order valence-corrected chi connectivity index (χ0v) is 15.3. The fraction of sp³-hybridized carbons (Fsp3) is 0.706. The van der Waals surface area contributed by atoms with Gasteiger partial charge in [0.05, 0.1) is 12.6 Å². The average molecular weight is 340 g/mol. The van der Waals surface area contributed by atoms with E-state index in [1.54, 1.807) is 11.3 Å². The van der Waals surface area contributed by atoms with E-state index in [4.69, 9.17) is 0 Å². The van der Waals surface area contributed by atoms with Crippen molar-refractivity contribution in [3.63, 3.8) is 0 Å². The van der Waals surface area contributed by atoms with Crippen LogP contribution in [0.2, 0.25) is 0 Å². The van der Waals surface area contributed by atoms with Gasteiger partial charge in [-0.05, 0) is 35.7 Å². The molecule has 0 aliphatic carbocycles. The lowest BCUT2D eigenvalue weighted by Gasteiger charge is -2.41. The molecular weight excluding hydrogens is 310 g/mol. The molecule has 0 saturated carbocycles. The molecule has 2 rings (SSSR count). The predicted molar refractivity (Wildman–Crippen MR) is 94.6 cm³/mol. The van der Waals surface area contributed by atoms with Crippen molar-refractivity contribution in [1.82, 2.24) is 14.7 Å². The number of hydrogen-bond donors (Lipinski definition) is 1. The summed E-state index contributed by atoms with van der Waals surface area (Å²) in [6.45, 7) is 8.61. The Labute approximate surface area is 143 Å². The van der Waals surface area contributed by atoms with E-state index in [1.807, 2.05) is 24.3 Å². The van der Waals surface area contributed by atoms with Crippen molar-refractivity contribution in [2.75, 3.05) is 39.8 Å². The zero-order valence-electron chi connectivity index (χ0n) is 14.4. The number of nitrogens with zero attached hydrogens (tertiary/aromatic N) is 3. The third kappa shape index (κ3) is 5.57. The van der Waals surface area contributed by atoms with E-state index in [0.717, 1.165) is 32.6 Å². The van der Waals surface area contributed by atoms with Crippen LogP contribution in [0, 0.1) is 0 Å². The summed E-state index contributed by atoms with van der Waals surface area (Å²) in [4.78, 5) is 18.8. The lowest BCUT2D eigenvalue weighted by molar-refractivity contribution is -0.132. The third-order valence-corrected chi connectivity index (χ3v) is 5.18. The minimum atomic E-state index is -0.297. The molecular formula is C17H29N3O2S. The van der Waals surface area contributed by atoms with Gasteiger partial charge in [0.15, 0.2) is 0 Å². The van der Waals surface area contributed by atoms with Crippen LogP contribution >= 0.6 is 11.3 Å². The maximum absolute atomic E-state index is 12.4. The first kappa shape index (κ1) is 18.4. The van der Waals surface area contributed by atoms with E-state index in [1.165, 1.54) is 5.56 Å². The van der Waals surface area contributed by atoms with E-state index in [2.05, 4.69) is 28.2 Å². The van der Waals surface area contributed by atoms with Crippen molar-refractivity contribution >= 4 is 17.2 Å². The number of β-amino-alcohol motifs (C(OH)–C–C–N with tert-alkyl or cyclic N) is 1. The summed E-state index contributed by atoms with van der Waals surface area (Å²) >= 11 is 1.66. The lowest BCUT2D eigenvalue weighted by atomic mass is 10.1. The molecule has 1 N–H and O–H groups in total. The molecule has 0 aromatic carbocycles. The second kappa shape index (κ2) is 8.78. The SMILES string of the molecule is CC[C@H]1CN(CC(=O)N(C)Cc2ccsc2)CCN1C[C@@H](C)O. The van der Waals surface area contributed by atoms with Gasteiger partial charge in [0, 0.05) is 45.8 Å². The van der Waals surface area contributed by atoms with Crippen LogP contribution in [0.1, 0.15) is 25.8 Å². The van der Waals surface area contributed by atoms with Crippen molar-refractivity contribution in [3.05, 3.63) is 22.4 Å². The molecule has 2 heterocycles. The summed E-state index contributed by atoms with van der Waals surface area (Å²) in [6, 6.07) is 2.49. The molecule has 0 unspecified atom stereocenters. The average Bonchev–Trinajstić information content (AvgIpc) is 3.01. The van der Waals surface area contributed by atoms with Gasteiger partial charge in [0.2, 0.25) is 5.91 Å². The highest BCUT2D eigenvalue weighted by Crippen LogP contribution is 2.14. The molecule has 0 spiro atoms. The van der Waals surface area contributed by atoms with Crippen LogP contribution in [0.3, 0.4) is 0 Å². The quantitative estimate of drug-likeness (QED) is 0.817. The van der Waals surface area contributed by atoms with Gasteiger partial charge in [-0.1, -0.05) is 6.92 Å². The Bertz CT molecular complexity index is 478. The maximum atomic E-state index is 12.4. The Hall–Kier alpha value is -0.950. The van der Waals surface area contributed by atoms with Crippen LogP contribution < -0.4 is 0 Å². The Morgan fingerprint density at radius 2 is 2.30 bits per heavy atom. The molecule has 6 heteroatoms. The largest absolute Gasteiger partial charge is 0.392 e. The fourth-order valence-electron chi connectivity index (χ4n) is 3.12. The molecule has 1 saturated heterocycles. The number of carbonyl (C=O) groups excluding carboxylic acids is 1. The number of thiophene rings is 1. The van der Waals surface area contributed by atoms with E-state index in [9.17, 15) is 9.90 Å². The van der Waals surface area contributed by atoms with Crippen LogP contribution in [-0.2, 0) is 11.3 Å². The van der Waals surface area contributed by atoms with Crippen LogP contribution in [0.5, 0.6) is 0 Å². The summed E-state index contributed by atoms with van der Waals surface area (Å²) in [5.74, 6) is 0.176. The number of carbonyl (C=O) groups is 1. The smallest absolute Gasteiger partial charge is 0.236 e. The standard InChI is InChI=1S/C17H29N3O2S/c1-4-16-11-19(6-7-20(16)9-14(2)21)12-17(22)18(3)10-15-5-8-23-13-15/h5,8,13-14,16,21H,4,6-7,9-12H2,1-3H3/t14-,16+/m1/s1. The predicted octanol–water partition coefficient (Wildman–Crippen LogP) is 1.48. The molecule has 0 bridgehead atoms. The summed E-state index contributed by atoms with van der Waals surface area (Å²) in [5.41, 5.74) is 1.19. The highest BCUT2D eigenvalue weighted by Gasteiger charge is 2.27. The van der Waals surface area contributed by atoms with Gasteiger partial charge < -0.3 is 10.0 Å². The van der Waals surface area contributed by atoms with Gasteiger partial charge in [0.1, 0.15) is 0 Å². The topological polar surface area (TPSA) is 47.0 Å². The molecule has 1 aliphatic heterocycles. The van der Waals surface area contributed by atoms with E-state index < -0.39 is 0 Å². The first-order chi connectivity index (χ1) is 11.0. The summed E-state index contributed by atoms with van der Waals surface area (Å²) in [5, 5.41) is 13.7. The minimum absolute atomic E-state index is 0.176. The number of aliphatic hydroxyl groups is 1. The molecule has 1 aliphatic rings. The summed E-state index contributed by atoms with van der Waals surface area (Å²) < 4.78 is 0. The maximum Gasteiger partial charge on any atom is 0.236 e. The second-order valence-electron chi connectivity index (χ2n) is 6.52. The molecule has 2 atom stereocenters. The van der Waals surface area contributed by atoms with E-state index in [-0.39, 0.29) is 12.0 Å². The van der Waals surface area contributed by atoms with Crippen molar-refractivity contribution in [1.29, 1.82) is 0 Å². The lowest BCUT2D eigenvalue weighted by Crippen LogP contribution is -2.56. The van der Waals surface area contributed by atoms with Gasteiger partial charge in [-0.2, -0.15) is 11.3 Å². The fourth-order valence-corrected chi connectivity index (χ4v) is 3.78. The molecule has 5 nitrogen and oxygen atoms in total. The van der Waals surface area contributed by atoms with Gasteiger partial charge in [0.25, 0.3) is 0 Å². The minimum Gasteiger partial charge on any atom is -0.392 e. The van der Waals surface area contributed by atoms with Crippen LogP contribution in [0.4, 0.5) is 0 Å². The van der Waals surface area contributed by atoms with E-state index >= 15 is 0 Å². The molecule has 0 radical (unpaired) electrons. The normalized spacial score (nSPS) is 21.3. The van der Waals surface area contributed by atoms with E-state index in [0.29, 0.717) is 19.1 Å². The number of hydrogen-bond acceptors (Lipinski definition) is 5. The van der Waals surface area contributed by atoms with Gasteiger partial charge in [-0.15, -0.1) is 0 Å². The molecule has 23 heavy (non-hydrogen) atoms. The summed E-state index contributed by atoms with van der Waals surface area (Å²) in [7, 11) is 1.88. The molecule has 1 aromatic rings. The van der Waals surface area contributed by atoms with Crippen LogP contribution in [0.15, 0.2) is 16.8 Å². The first-order valence-electron chi connectivity index (χ1n) is 8.39. The highest BCUT2D eigenvalue weighted by atomic mass is 32.1.